The van der Waals surface area contributed by atoms with Gasteiger partial charge in [0.15, 0.2) is 0 Å². The first-order chi connectivity index (χ1) is 11.8. The average Bonchev–Trinajstić information content (AvgIpc) is 2.77. The molecule has 0 amide bonds. The van der Waals surface area contributed by atoms with Crippen LogP contribution in [-0.4, -0.2) is 0 Å². The summed E-state index contributed by atoms with van der Waals surface area (Å²) in [6.07, 6.45) is 0.951. The summed E-state index contributed by atoms with van der Waals surface area (Å²) in [5.41, 5.74) is 3.98. The summed E-state index contributed by atoms with van der Waals surface area (Å²) in [6, 6.07) is 25.7. The molecule has 1 aliphatic rings. The van der Waals surface area contributed by atoms with Crippen LogP contribution in [0.2, 0.25) is 5.02 Å². The number of hydrogen-bond donors (Lipinski definition) is 1. The van der Waals surface area contributed by atoms with Gasteiger partial charge in [-0.25, -0.2) is 0 Å². The lowest BCUT2D eigenvalue weighted by Crippen LogP contribution is -2.23. The maximum atomic E-state index is 6.23. The molecule has 1 unspecified atom stereocenters. The Morgan fingerprint density at radius 1 is 0.917 bits per heavy atom. The standard InChI is InChI=1S/C21H18ClNS/c22-17-10-11-20-16(12-17)13-19(18-8-4-5-9-21(18)24-20)23-14-15-6-2-1-3-7-15/h1-12,19,23H,13-14H2. The molecule has 0 saturated carbocycles. The second-order valence-corrected chi connectivity index (χ2v) is 7.54. The Morgan fingerprint density at radius 3 is 2.58 bits per heavy atom. The Labute approximate surface area is 152 Å². The Hall–Kier alpha value is -1.74. The molecule has 24 heavy (non-hydrogen) atoms. The number of benzene rings is 3. The van der Waals surface area contributed by atoms with Gasteiger partial charge in [-0.15, -0.1) is 0 Å². The molecular weight excluding hydrogens is 334 g/mol. The normalized spacial score (nSPS) is 16.1. The van der Waals surface area contributed by atoms with Gasteiger partial charge in [0.05, 0.1) is 0 Å². The minimum absolute atomic E-state index is 0.286. The van der Waals surface area contributed by atoms with E-state index in [-0.39, 0.29) is 6.04 Å². The number of halogens is 1. The van der Waals surface area contributed by atoms with E-state index in [1.165, 1.54) is 26.5 Å². The van der Waals surface area contributed by atoms with Crippen molar-refractivity contribution >= 4 is 23.4 Å². The summed E-state index contributed by atoms with van der Waals surface area (Å²) in [7, 11) is 0. The highest BCUT2D eigenvalue weighted by Crippen LogP contribution is 2.41. The molecule has 0 spiro atoms. The summed E-state index contributed by atoms with van der Waals surface area (Å²) in [4.78, 5) is 2.62. The molecule has 0 bridgehead atoms. The van der Waals surface area contributed by atoms with E-state index in [1.807, 2.05) is 17.8 Å². The molecule has 0 fully saturated rings. The Bertz CT molecular complexity index is 847. The van der Waals surface area contributed by atoms with Crippen LogP contribution in [0, 0.1) is 0 Å². The first kappa shape index (κ1) is 15.8. The molecule has 4 rings (SSSR count). The van der Waals surface area contributed by atoms with Crippen molar-refractivity contribution in [2.24, 2.45) is 0 Å². The van der Waals surface area contributed by atoms with E-state index in [1.54, 1.807) is 0 Å². The summed E-state index contributed by atoms with van der Waals surface area (Å²) >= 11 is 8.07. The lowest BCUT2D eigenvalue weighted by Gasteiger charge is -2.19. The first-order valence-electron chi connectivity index (χ1n) is 8.12. The van der Waals surface area contributed by atoms with Crippen molar-refractivity contribution in [2.75, 3.05) is 0 Å². The maximum Gasteiger partial charge on any atom is 0.0409 e. The van der Waals surface area contributed by atoms with Crippen LogP contribution in [0.5, 0.6) is 0 Å². The molecule has 0 saturated heterocycles. The van der Waals surface area contributed by atoms with Crippen molar-refractivity contribution in [3.05, 3.63) is 94.5 Å². The van der Waals surface area contributed by atoms with Gasteiger partial charge in [-0.3, -0.25) is 0 Å². The molecule has 0 aromatic heterocycles. The van der Waals surface area contributed by atoms with Crippen LogP contribution in [-0.2, 0) is 13.0 Å². The summed E-state index contributed by atoms with van der Waals surface area (Å²) < 4.78 is 0. The fourth-order valence-electron chi connectivity index (χ4n) is 3.14. The molecule has 3 heteroatoms. The van der Waals surface area contributed by atoms with E-state index in [9.17, 15) is 0 Å². The highest BCUT2D eigenvalue weighted by atomic mass is 35.5. The van der Waals surface area contributed by atoms with Gasteiger partial charge in [0.1, 0.15) is 0 Å². The molecule has 1 N–H and O–H groups in total. The zero-order valence-electron chi connectivity index (χ0n) is 13.2. The van der Waals surface area contributed by atoms with Gasteiger partial charge in [-0.2, -0.15) is 0 Å². The zero-order valence-corrected chi connectivity index (χ0v) is 14.8. The van der Waals surface area contributed by atoms with Crippen molar-refractivity contribution in [1.82, 2.24) is 5.32 Å². The van der Waals surface area contributed by atoms with Gasteiger partial charge in [-0.05, 0) is 47.4 Å². The van der Waals surface area contributed by atoms with Crippen molar-refractivity contribution in [1.29, 1.82) is 0 Å². The van der Waals surface area contributed by atoms with Crippen LogP contribution in [0.15, 0.2) is 82.6 Å². The van der Waals surface area contributed by atoms with E-state index in [0.29, 0.717) is 0 Å². The Kier molecular flexibility index (Phi) is 4.61. The SMILES string of the molecule is Clc1ccc2c(c1)CC(NCc1ccccc1)c1ccccc1S2. The van der Waals surface area contributed by atoms with Gasteiger partial charge in [0, 0.05) is 27.4 Å². The number of nitrogens with one attached hydrogen (secondary N) is 1. The van der Waals surface area contributed by atoms with E-state index >= 15 is 0 Å². The maximum absolute atomic E-state index is 6.23. The third-order valence-corrected chi connectivity index (χ3v) is 5.80. The Balaban J connectivity index is 1.66. The fraction of sp³-hybridized carbons (Fsp3) is 0.143. The van der Waals surface area contributed by atoms with E-state index < -0.39 is 0 Å². The second kappa shape index (κ2) is 7.02. The monoisotopic (exact) mass is 351 g/mol. The minimum Gasteiger partial charge on any atom is -0.306 e. The summed E-state index contributed by atoms with van der Waals surface area (Å²) in [6.45, 7) is 0.862. The van der Waals surface area contributed by atoms with Gasteiger partial charge < -0.3 is 5.32 Å². The van der Waals surface area contributed by atoms with Crippen molar-refractivity contribution in [3.8, 4) is 0 Å². The summed E-state index contributed by atoms with van der Waals surface area (Å²) in [5.74, 6) is 0. The largest absolute Gasteiger partial charge is 0.306 e. The zero-order chi connectivity index (χ0) is 16.4. The second-order valence-electron chi connectivity index (χ2n) is 6.02. The van der Waals surface area contributed by atoms with E-state index in [4.69, 9.17) is 11.6 Å². The quantitative estimate of drug-likeness (QED) is 0.632. The predicted molar refractivity (Wildman–Crippen MR) is 102 cm³/mol. The lowest BCUT2D eigenvalue weighted by molar-refractivity contribution is 0.523. The first-order valence-corrected chi connectivity index (χ1v) is 9.31. The van der Waals surface area contributed by atoms with E-state index in [2.05, 4.69) is 72.0 Å². The van der Waals surface area contributed by atoms with Crippen LogP contribution in [0.1, 0.15) is 22.7 Å². The van der Waals surface area contributed by atoms with Crippen molar-refractivity contribution in [3.63, 3.8) is 0 Å². The molecular formula is C21H18ClNS. The van der Waals surface area contributed by atoms with Crippen LogP contribution < -0.4 is 5.32 Å². The molecule has 0 radical (unpaired) electrons. The smallest absolute Gasteiger partial charge is 0.0409 e. The molecule has 1 atom stereocenters. The minimum atomic E-state index is 0.286. The molecule has 3 aromatic carbocycles. The number of rotatable bonds is 3. The topological polar surface area (TPSA) is 12.0 Å². The van der Waals surface area contributed by atoms with Crippen molar-refractivity contribution < 1.29 is 0 Å². The summed E-state index contributed by atoms with van der Waals surface area (Å²) in [5, 5.41) is 4.55. The van der Waals surface area contributed by atoms with Gasteiger partial charge in [-0.1, -0.05) is 71.9 Å². The van der Waals surface area contributed by atoms with Crippen LogP contribution in [0.25, 0.3) is 0 Å². The van der Waals surface area contributed by atoms with Crippen molar-refractivity contribution in [2.45, 2.75) is 28.8 Å². The van der Waals surface area contributed by atoms with Gasteiger partial charge >= 0.3 is 0 Å². The molecule has 1 nitrogen and oxygen atoms in total. The predicted octanol–water partition coefficient (Wildman–Crippen LogP) is 5.88. The number of fused-ring (bicyclic) bond motifs is 2. The molecule has 120 valence electrons. The fourth-order valence-corrected chi connectivity index (χ4v) is 4.45. The van der Waals surface area contributed by atoms with Gasteiger partial charge in [0.25, 0.3) is 0 Å². The van der Waals surface area contributed by atoms with Crippen LogP contribution in [0.3, 0.4) is 0 Å². The van der Waals surface area contributed by atoms with Crippen LogP contribution >= 0.6 is 23.4 Å². The van der Waals surface area contributed by atoms with Gasteiger partial charge in [0.2, 0.25) is 0 Å². The third kappa shape index (κ3) is 3.36. The number of hydrogen-bond acceptors (Lipinski definition) is 2. The third-order valence-electron chi connectivity index (χ3n) is 4.36. The van der Waals surface area contributed by atoms with Crippen LogP contribution in [0.4, 0.5) is 0 Å². The molecule has 1 aliphatic heterocycles. The molecule has 0 aliphatic carbocycles. The molecule has 1 heterocycles. The van der Waals surface area contributed by atoms with E-state index in [0.717, 1.165) is 18.0 Å². The lowest BCUT2D eigenvalue weighted by atomic mass is 9.98. The molecule has 3 aromatic rings. The average molecular weight is 352 g/mol. The highest BCUT2D eigenvalue weighted by Gasteiger charge is 2.22. The highest BCUT2D eigenvalue weighted by molar-refractivity contribution is 7.99. The Morgan fingerprint density at radius 2 is 1.71 bits per heavy atom.